The molecule has 7 heteroatoms. The molecule has 0 fully saturated rings. The summed E-state index contributed by atoms with van der Waals surface area (Å²) in [6.07, 6.45) is 1.53. The number of carbonyl (C=O) groups is 2. The van der Waals surface area contributed by atoms with E-state index < -0.39 is 17.4 Å². The number of ether oxygens (including phenoxy) is 1. The fourth-order valence-corrected chi connectivity index (χ4v) is 2.42. The van der Waals surface area contributed by atoms with Gasteiger partial charge in [-0.3, -0.25) is 9.59 Å². The molecule has 2 N–H and O–H groups in total. The van der Waals surface area contributed by atoms with Crippen molar-refractivity contribution >= 4 is 29.2 Å². The number of rotatable bonds is 3. The summed E-state index contributed by atoms with van der Waals surface area (Å²) in [7, 11) is 0. The first-order chi connectivity index (χ1) is 11.0. The summed E-state index contributed by atoms with van der Waals surface area (Å²) in [6, 6.07) is 10.4. The number of anilines is 1. The molecule has 2 aromatic rings. The fraction of sp³-hybridized carbons (Fsp3) is 0.188. The Kier molecular flexibility index (Phi) is 3.92. The Morgan fingerprint density at radius 3 is 3.00 bits per heavy atom. The molecule has 0 saturated carbocycles. The van der Waals surface area contributed by atoms with Crippen molar-refractivity contribution in [3.8, 4) is 5.75 Å². The van der Waals surface area contributed by atoms with Gasteiger partial charge in [0.1, 0.15) is 0 Å². The Morgan fingerprint density at radius 1 is 1.39 bits per heavy atom. The molecular weight excluding hydrogens is 318 g/mol. The number of halogens is 1. The van der Waals surface area contributed by atoms with Crippen LogP contribution in [0, 0.1) is 0 Å². The van der Waals surface area contributed by atoms with Crippen LogP contribution >= 0.6 is 11.6 Å². The molecule has 2 amide bonds. The maximum atomic E-state index is 12.4. The predicted molar refractivity (Wildman–Crippen MR) is 85.2 cm³/mol. The minimum absolute atomic E-state index is 0.242. The van der Waals surface area contributed by atoms with Gasteiger partial charge in [-0.2, -0.15) is 0 Å². The highest BCUT2D eigenvalue weighted by Gasteiger charge is 2.47. The molecule has 0 bridgehead atoms. The standard InChI is InChI=1S/C16H14ClN3O3/c1-16(14(21)19-9-10-4-2-5-11(17)8-10)15(22)20-13-12(23-16)6-3-7-18-13/h2-8H,9H2,1H3,(H,19,21)(H,18,20,22)/t16-/m0/s1. The molecule has 118 valence electrons. The molecular formula is C16H14ClN3O3. The van der Waals surface area contributed by atoms with E-state index in [9.17, 15) is 9.59 Å². The topological polar surface area (TPSA) is 80.3 Å². The van der Waals surface area contributed by atoms with Crippen LogP contribution in [0.25, 0.3) is 0 Å². The molecule has 0 aliphatic carbocycles. The summed E-state index contributed by atoms with van der Waals surface area (Å²) in [4.78, 5) is 28.7. The van der Waals surface area contributed by atoms with Crippen LogP contribution in [-0.4, -0.2) is 22.4 Å². The fourth-order valence-electron chi connectivity index (χ4n) is 2.21. The van der Waals surface area contributed by atoms with Crippen LogP contribution in [0.5, 0.6) is 5.75 Å². The molecule has 0 spiro atoms. The number of hydrogen-bond acceptors (Lipinski definition) is 4. The van der Waals surface area contributed by atoms with Crippen LogP contribution in [0.4, 0.5) is 5.82 Å². The monoisotopic (exact) mass is 331 g/mol. The minimum Gasteiger partial charge on any atom is -0.464 e. The van der Waals surface area contributed by atoms with Crippen LogP contribution in [0.15, 0.2) is 42.6 Å². The Labute approximate surface area is 137 Å². The van der Waals surface area contributed by atoms with Crippen molar-refractivity contribution < 1.29 is 14.3 Å². The Bertz CT molecular complexity index is 781. The van der Waals surface area contributed by atoms with E-state index in [-0.39, 0.29) is 6.54 Å². The molecule has 0 saturated heterocycles. The number of benzene rings is 1. The second kappa shape index (κ2) is 5.89. The van der Waals surface area contributed by atoms with E-state index in [1.807, 2.05) is 6.07 Å². The summed E-state index contributed by atoms with van der Waals surface area (Å²) >= 11 is 5.91. The molecule has 1 atom stereocenters. The van der Waals surface area contributed by atoms with Gasteiger partial charge in [0, 0.05) is 17.8 Å². The average Bonchev–Trinajstić information content (AvgIpc) is 2.53. The van der Waals surface area contributed by atoms with E-state index in [1.54, 1.807) is 30.3 Å². The number of fused-ring (bicyclic) bond motifs is 1. The smallest absolute Gasteiger partial charge is 0.279 e. The molecule has 1 aliphatic rings. The van der Waals surface area contributed by atoms with Gasteiger partial charge in [0.05, 0.1) is 0 Å². The molecule has 3 rings (SSSR count). The van der Waals surface area contributed by atoms with E-state index in [2.05, 4.69) is 15.6 Å². The van der Waals surface area contributed by atoms with Crippen molar-refractivity contribution in [2.45, 2.75) is 19.1 Å². The number of amides is 2. The second-order valence-electron chi connectivity index (χ2n) is 5.25. The number of hydrogen-bond donors (Lipinski definition) is 2. The molecule has 23 heavy (non-hydrogen) atoms. The van der Waals surface area contributed by atoms with Gasteiger partial charge in [-0.1, -0.05) is 23.7 Å². The van der Waals surface area contributed by atoms with Gasteiger partial charge in [-0.25, -0.2) is 4.98 Å². The lowest BCUT2D eigenvalue weighted by molar-refractivity contribution is -0.146. The average molecular weight is 332 g/mol. The zero-order chi connectivity index (χ0) is 16.4. The maximum Gasteiger partial charge on any atom is 0.279 e. The third-order valence-electron chi connectivity index (χ3n) is 3.53. The van der Waals surface area contributed by atoms with Crippen LogP contribution in [0.3, 0.4) is 0 Å². The van der Waals surface area contributed by atoms with Crippen LogP contribution in [0.2, 0.25) is 5.02 Å². The summed E-state index contributed by atoms with van der Waals surface area (Å²) < 4.78 is 5.59. The molecule has 2 heterocycles. The predicted octanol–water partition coefficient (Wildman–Crippen LogP) is 2.14. The number of aromatic nitrogens is 1. The largest absolute Gasteiger partial charge is 0.464 e. The molecule has 0 radical (unpaired) electrons. The van der Waals surface area contributed by atoms with Crippen LogP contribution in [0.1, 0.15) is 12.5 Å². The van der Waals surface area contributed by atoms with Crippen LogP contribution in [-0.2, 0) is 16.1 Å². The van der Waals surface area contributed by atoms with Gasteiger partial charge in [-0.15, -0.1) is 0 Å². The highest BCUT2D eigenvalue weighted by atomic mass is 35.5. The Hall–Kier alpha value is -2.60. The quantitative estimate of drug-likeness (QED) is 0.844. The van der Waals surface area contributed by atoms with Crippen LogP contribution < -0.4 is 15.4 Å². The van der Waals surface area contributed by atoms with Crippen molar-refractivity contribution in [2.24, 2.45) is 0 Å². The van der Waals surface area contributed by atoms with Crippen molar-refractivity contribution in [1.82, 2.24) is 10.3 Å². The first-order valence-electron chi connectivity index (χ1n) is 6.97. The molecule has 1 aliphatic heterocycles. The number of pyridine rings is 1. The molecule has 1 aromatic carbocycles. The SMILES string of the molecule is C[C@@]1(C(=O)NCc2cccc(Cl)c2)Oc2cccnc2NC1=O. The first-order valence-corrected chi connectivity index (χ1v) is 7.35. The molecule has 6 nitrogen and oxygen atoms in total. The number of carbonyl (C=O) groups excluding carboxylic acids is 2. The van der Waals surface area contributed by atoms with E-state index in [4.69, 9.17) is 16.3 Å². The van der Waals surface area contributed by atoms with E-state index in [1.165, 1.54) is 13.1 Å². The first kappa shape index (κ1) is 15.3. The lowest BCUT2D eigenvalue weighted by atomic mass is 10.0. The third kappa shape index (κ3) is 2.98. The summed E-state index contributed by atoms with van der Waals surface area (Å²) in [5.41, 5.74) is -0.832. The summed E-state index contributed by atoms with van der Waals surface area (Å²) in [5.74, 6) is -0.443. The van der Waals surface area contributed by atoms with Crippen molar-refractivity contribution in [1.29, 1.82) is 0 Å². The van der Waals surface area contributed by atoms with Crippen molar-refractivity contribution in [2.75, 3.05) is 5.32 Å². The highest BCUT2D eigenvalue weighted by Crippen LogP contribution is 2.31. The van der Waals surface area contributed by atoms with Crippen molar-refractivity contribution in [3.05, 3.63) is 53.2 Å². The molecule has 0 unspecified atom stereocenters. The number of nitrogens with zero attached hydrogens (tertiary/aromatic N) is 1. The normalized spacial score (nSPS) is 19.3. The van der Waals surface area contributed by atoms with Crippen molar-refractivity contribution in [3.63, 3.8) is 0 Å². The summed E-state index contributed by atoms with van der Waals surface area (Å²) in [5, 5.41) is 5.85. The molecule has 1 aromatic heterocycles. The van der Waals surface area contributed by atoms with Gasteiger partial charge in [0.25, 0.3) is 17.4 Å². The van der Waals surface area contributed by atoms with E-state index >= 15 is 0 Å². The zero-order valence-corrected chi connectivity index (χ0v) is 13.1. The second-order valence-corrected chi connectivity index (χ2v) is 5.69. The maximum absolute atomic E-state index is 12.4. The van der Waals surface area contributed by atoms with Gasteiger partial charge in [-0.05, 0) is 36.8 Å². The summed E-state index contributed by atoms with van der Waals surface area (Å²) in [6.45, 7) is 1.66. The third-order valence-corrected chi connectivity index (χ3v) is 3.76. The van der Waals surface area contributed by atoms with Gasteiger partial charge >= 0.3 is 0 Å². The lowest BCUT2D eigenvalue weighted by Gasteiger charge is -2.32. The zero-order valence-electron chi connectivity index (χ0n) is 12.3. The lowest BCUT2D eigenvalue weighted by Crippen LogP contribution is -2.58. The van der Waals surface area contributed by atoms with E-state index in [0.29, 0.717) is 16.6 Å². The van der Waals surface area contributed by atoms with Gasteiger partial charge in [0.15, 0.2) is 11.6 Å². The Balaban J connectivity index is 1.75. The Morgan fingerprint density at radius 2 is 2.22 bits per heavy atom. The van der Waals surface area contributed by atoms with E-state index in [0.717, 1.165) is 5.56 Å². The minimum atomic E-state index is -1.66. The van der Waals surface area contributed by atoms with Gasteiger partial charge in [0.2, 0.25) is 0 Å². The van der Waals surface area contributed by atoms with Gasteiger partial charge < -0.3 is 15.4 Å². The highest BCUT2D eigenvalue weighted by molar-refractivity contribution is 6.30. The number of nitrogens with one attached hydrogen (secondary N) is 2.